The average molecular weight is 282 g/mol. The lowest BCUT2D eigenvalue weighted by molar-refractivity contribution is -0.152. The summed E-state index contributed by atoms with van der Waals surface area (Å²) >= 11 is 0. The normalized spacial score (nSPS) is 34.1. The van der Waals surface area contributed by atoms with Crippen molar-refractivity contribution in [2.75, 3.05) is 26.8 Å². The van der Waals surface area contributed by atoms with Gasteiger partial charge in [-0.2, -0.15) is 0 Å². The third-order valence-corrected chi connectivity index (χ3v) is 5.18. The number of nitrogens with two attached hydrogens (primary N) is 1. The van der Waals surface area contributed by atoms with Crippen LogP contribution in [-0.4, -0.2) is 55.4 Å². The van der Waals surface area contributed by atoms with Crippen LogP contribution in [0.25, 0.3) is 0 Å². The maximum absolute atomic E-state index is 12.1. The van der Waals surface area contributed by atoms with E-state index in [1.54, 1.807) is 0 Å². The van der Waals surface area contributed by atoms with Crippen LogP contribution < -0.4 is 5.73 Å². The molecule has 0 amide bonds. The van der Waals surface area contributed by atoms with Gasteiger partial charge in [0.05, 0.1) is 19.8 Å². The molecule has 3 unspecified atom stereocenters. The summed E-state index contributed by atoms with van der Waals surface area (Å²) in [4.78, 5) is 14.5. The monoisotopic (exact) mass is 282 g/mol. The summed E-state index contributed by atoms with van der Waals surface area (Å²) in [7, 11) is 1.44. The molecule has 1 saturated heterocycles. The van der Waals surface area contributed by atoms with Crippen molar-refractivity contribution in [1.29, 1.82) is 0 Å². The minimum absolute atomic E-state index is 0.251. The maximum Gasteiger partial charge on any atom is 0.327 e. The zero-order chi connectivity index (χ0) is 14.2. The highest BCUT2D eigenvalue weighted by atomic mass is 16.5. The number of morpholine rings is 1. The molecule has 0 bridgehead atoms. The lowest BCUT2D eigenvalue weighted by Crippen LogP contribution is -2.63. The smallest absolute Gasteiger partial charge is 0.327 e. The Bertz CT molecular complexity index is 370. The van der Waals surface area contributed by atoms with Gasteiger partial charge in [-0.15, -0.1) is 0 Å². The summed E-state index contributed by atoms with van der Waals surface area (Å²) in [5, 5.41) is 0. The molecule has 3 rings (SSSR count). The van der Waals surface area contributed by atoms with Gasteiger partial charge in [0.2, 0.25) is 0 Å². The lowest BCUT2D eigenvalue weighted by Gasteiger charge is -2.46. The fraction of sp³-hybridized carbons (Fsp3) is 0.933. The number of carbonyl (C=O) groups is 1. The molecule has 5 nitrogen and oxygen atoms in total. The molecule has 0 radical (unpaired) electrons. The Labute approximate surface area is 120 Å². The van der Waals surface area contributed by atoms with Crippen LogP contribution in [0.3, 0.4) is 0 Å². The van der Waals surface area contributed by atoms with Crippen molar-refractivity contribution in [2.45, 2.75) is 56.2 Å². The van der Waals surface area contributed by atoms with Gasteiger partial charge >= 0.3 is 5.97 Å². The maximum atomic E-state index is 12.1. The van der Waals surface area contributed by atoms with Crippen LogP contribution in [0, 0.1) is 5.92 Å². The van der Waals surface area contributed by atoms with Crippen molar-refractivity contribution < 1.29 is 14.3 Å². The van der Waals surface area contributed by atoms with E-state index in [9.17, 15) is 4.79 Å². The van der Waals surface area contributed by atoms with E-state index in [-0.39, 0.29) is 5.97 Å². The van der Waals surface area contributed by atoms with Crippen LogP contribution in [0.15, 0.2) is 0 Å². The summed E-state index contributed by atoms with van der Waals surface area (Å²) < 4.78 is 10.9. The highest BCUT2D eigenvalue weighted by Gasteiger charge is 2.51. The van der Waals surface area contributed by atoms with Crippen molar-refractivity contribution in [3.8, 4) is 0 Å². The van der Waals surface area contributed by atoms with Crippen molar-refractivity contribution in [1.82, 2.24) is 4.90 Å². The zero-order valence-corrected chi connectivity index (χ0v) is 12.3. The number of ether oxygens (including phenoxy) is 2. The number of hydrogen-bond donors (Lipinski definition) is 1. The van der Waals surface area contributed by atoms with Crippen molar-refractivity contribution in [3.05, 3.63) is 0 Å². The van der Waals surface area contributed by atoms with E-state index in [0.717, 1.165) is 38.8 Å². The average Bonchev–Trinajstić information content (AvgIpc) is 3.31. The number of nitrogens with zero attached hydrogens (tertiary/aromatic N) is 1. The van der Waals surface area contributed by atoms with E-state index in [0.29, 0.717) is 24.6 Å². The molecule has 0 aromatic carbocycles. The molecular formula is C15H26N2O3. The van der Waals surface area contributed by atoms with Gasteiger partial charge in [0, 0.05) is 19.1 Å². The fourth-order valence-electron chi connectivity index (χ4n) is 3.86. The predicted octanol–water partition coefficient (Wildman–Crippen LogP) is 0.910. The van der Waals surface area contributed by atoms with Crippen molar-refractivity contribution >= 4 is 5.97 Å². The lowest BCUT2D eigenvalue weighted by atomic mass is 9.87. The molecule has 3 fully saturated rings. The molecule has 0 spiro atoms. The van der Waals surface area contributed by atoms with Gasteiger partial charge in [0.15, 0.2) is 0 Å². The summed E-state index contributed by atoms with van der Waals surface area (Å²) in [6, 6.07) is 0.434. The molecule has 2 aliphatic carbocycles. The van der Waals surface area contributed by atoms with Gasteiger partial charge in [-0.3, -0.25) is 9.69 Å². The van der Waals surface area contributed by atoms with Gasteiger partial charge in [0.1, 0.15) is 5.54 Å². The summed E-state index contributed by atoms with van der Waals surface area (Å²) in [6.45, 7) is 2.25. The Morgan fingerprint density at radius 2 is 2.10 bits per heavy atom. The number of esters is 1. The van der Waals surface area contributed by atoms with Gasteiger partial charge in [-0.25, -0.2) is 0 Å². The Morgan fingerprint density at radius 1 is 1.35 bits per heavy atom. The highest BCUT2D eigenvalue weighted by molar-refractivity contribution is 5.81. The molecule has 1 heterocycles. The topological polar surface area (TPSA) is 64.8 Å². The van der Waals surface area contributed by atoms with Gasteiger partial charge in [-0.05, 0) is 31.6 Å². The van der Waals surface area contributed by atoms with Crippen LogP contribution in [0.2, 0.25) is 0 Å². The van der Waals surface area contributed by atoms with Crippen LogP contribution in [0.5, 0.6) is 0 Å². The first-order chi connectivity index (χ1) is 9.65. The number of fused-ring (bicyclic) bond motifs is 1. The summed E-state index contributed by atoms with van der Waals surface area (Å²) in [6.07, 6.45) is 7.22. The van der Waals surface area contributed by atoms with Crippen LogP contribution >= 0.6 is 0 Å². The van der Waals surface area contributed by atoms with Gasteiger partial charge < -0.3 is 15.2 Å². The Kier molecular flexibility index (Phi) is 4.02. The Balaban J connectivity index is 1.72. The Hall–Kier alpha value is -0.650. The third-order valence-electron chi connectivity index (χ3n) is 5.18. The minimum atomic E-state index is -0.825. The molecular weight excluding hydrogens is 256 g/mol. The molecule has 3 aliphatic rings. The second-order valence-electron chi connectivity index (χ2n) is 6.54. The zero-order valence-electron chi connectivity index (χ0n) is 12.3. The summed E-state index contributed by atoms with van der Waals surface area (Å²) in [5.41, 5.74) is 5.63. The molecule has 2 N–H and O–H groups in total. The fourth-order valence-corrected chi connectivity index (χ4v) is 3.86. The van der Waals surface area contributed by atoms with Crippen molar-refractivity contribution in [2.24, 2.45) is 11.7 Å². The highest BCUT2D eigenvalue weighted by Crippen LogP contribution is 2.40. The van der Waals surface area contributed by atoms with E-state index < -0.39 is 5.54 Å². The van der Waals surface area contributed by atoms with E-state index >= 15 is 0 Å². The molecule has 1 aliphatic heterocycles. The molecule has 3 atom stereocenters. The number of rotatable bonds is 4. The Morgan fingerprint density at radius 3 is 2.80 bits per heavy atom. The molecule has 0 aromatic rings. The first-order valence-corrected chi connectivity index (χ1v) is 7.88. The summed E-state index contributed by atoms with van der Waals surface area (Å²) in [5.74, 6) is 0.0405. The van der Waals surface area contributed by atoms with Crippen molar-refractivity contribution in [3.63, 3.8) is 0 Å². The second-order valence-corrected chi connectivity index (χ2v) is 6.54. The van der Waals surface area contributed by atoms with Crippen LogP contribution in [-0.2, 0) is 14.3 Å². The van der Waals surface area contributed by atoms with E-state index in [1.165, 1.54) is 20.0 Å². The van der Waals surface area contributed by atoms with E-state index in [4.69, 9.17) is 15.2 Å². The third kappa shape index (κ3) is 2.59. The number of methoxy groups -OCH3 is 1. The molecule has 20 heavy (non-hydrogen) atoms. The molecule has 5 heteroatoms. The first kappa shape index (κ1) is 14.3. The van der Waals surface area contributed by atoms with E-state index in [2.05, 4.69) is 4.90 Å². The number of hydrogen-bond acceptors (Lipinski definition) is 5. The SMILES string of the molecule is COC(=O)C(N)(CN1CCOC2CCCCC21)C1CC1. The quantitative estimate of drug-likeness (QED) is 0.777. The largest absolute Gasteiger partial charge is 0.468 e. The first-order valence-electron chi connectivity index (χ1n) is 7.88. The van der Waals surface area contributed by atoms with Crippen LogP contribution in [0.1, 0.15) is 38.5 Å². The predicted molar refractivity (Wildman–Crippen MR) is 75.2 cm³/mol. The molecule has 2 saturated carbocycles. The van der Waals surface area contributed by atoms with Gasteiger partial charge in [-0.1, -0.05) is 12.8 Å². The minimum Gasteiger partial charge on any atom is -0.468 e. The standard InChI is InChI=1S/C15H26N2O3/c1-19-14(18)15(16,11-6-7-11)10-17-8-9-20-13-5-3-2-4-12(13)17/h11-13H,2-10,16H2,1H3. The number of carbonyl (C=O) groups excluding carboxylic acids is 1. The second kappa shape index (κ2) is 5.62. The molecule has 114 valence electrons. The van der Waals surface area contributed by atoms with Crippen LogP contribution in [0.4, 0.5) is 0 Å². The molecule has 0 aromatic heterocycles. The van der Waals surface area contributed by atoms with Gasteiger partial charge in [0.25, 0.3) is 0 Å². The van der Waals surface area contributed by atoms with E-state index in [1.807, 2.05) is 0 Å².